The summed E-state index contributed by atoms with van der Waals surface area (Å²) in [6.07, 6.45) is 3.19. The van der Waals surface area contributed by atoms with Crippen molar-refractivity contribution >= 4 is 28.3 Å². The van der Waals surface area contributed by atoms with Crippen LogP contribution in [0.4, 0.5) is 5.69 Å². The molecule has 1 aromatic heterocycles. The topological polar surface area (TPSA) is 85.7 Å². The molecule has 29 heavy (non-hydrogen) atoms. The van der Waals surface area contributed by atoms with E-state index in [4.69, 9.17) is 9.47 Å². The maximum atomic E-state index is 12.9. The van der Waals surface area contributed by atoms with Crippen LogP contribution in [0.15, 0.2) is 48.8 Å². The van der Waals surface area contributed by atoms with Gasteiger partial charge in [-0.15, -0.1) is 0 Å². The molecule has 0 radical (unpaired) electrons. The van der Waals surface area contributed by atoms with E-state index in [1.54, 1.807) is 24.3 Å². The highest BCUT2D eigenvalue weighted by atomic mass is 16.5. The number of morpholine rings is 1. The van der Waals surface area contributed by atoms with Gasteiger partial charge in [0, 0.05) is 24.7 Å². The summed E-state index contributed by atoms with van der Waals surface area (Å²) in [5.41, 5.74) is 1.04. The lowest BCUT2D eigenvalue weighted by molar-refractivity contribution is -0.136. The molecule has 0 bridgehead atoms. The summed E-state index contributed by atoms with van der Waals surface area (Å²) in [6.45, 7) is 2.42. The molecule has 2 heterocycles. The fraction of sp³-hybridized carbons (Fsp3) is 0.286. The van der Waals surface area contributed by atoms with Crippen molar-refractivity contribution in [2.24, 2.45) is 0 Å². The third-order valence-corrected chi connectivity index (χ3v) is 4.88. The Kier molecular flexibility index (Phi) is 5.44. The lowest BCUT2D eigenvalue weighted by Crippen LogP contribution is -2.42. The van der Waals surface area contributed by atoms with E-state index in [9.17, 15) is 9.59 Å². The fourth-order valence-corrected chi connectivity index (χ4v) is 3.43. The SMILES string of the molecule is COc1cccc2cccc(C(=O)Nc3cnn(CC(=O)N4CCOCC4)c3)c12. The molecule has 8 heteroatoms. The summed E-state index contributed by atoms with van der Waals surface area (Å²) in [5, 5.41) is 8.72. The number of ether oxygens (including phenoxy) is 2. The van der Waals surface area contributed by atoms with E-state index < -0.39 is 0 Å². The first-order chi connectivity index (χ1) is 14.2. The molecule has 0 aliphatic carbocycles. The van der Waals surface area contributed by atoms with Gasteiger partial charge in [-0.2, -0.15) is 5.10 Å². The van der Waals surface area contributed by atoms with Crippen molar-refractivity contribution in [3.8, 4) is 5.75 Å². The molecule has 3 aromatic rings. The predicted octanol–water partition coefficient (Wildman–Crippen LogP) is 2.16. The van der Waals surface area contributed by atoms with Crippen molar-refractivity contribution in [1.29, 1.82) is 0 Å². The summed E-state index contributed by atoms with van der Waals surface area (Å²) >= 11 is 0. The molecule has 8 nitrogen and oxygen atoms in total. The number of methoxy groups -OCH3 is 1. The van der Waals surface area contributed by atoms with Crippen LogP contribution in [-0.4, -0.2) is 59.9 Å². The highest BCUT2D eigenvalue weighted by Gasteiger charge is 2.18. The number of carbonyl (C=O) groups is 2. The number of amides is 2. The second-order valence-corrected chi connectivity index (χ2v) is 6.74. The molecule has 1 aliphatic rings. The van der Waals surface area contributed by atoms with Crippen molar-refractivity contribution in [2.75, 3.05) is 38.7 Å². The average molecular weight is 394 g/mol. The van der Waals surface area contributed by atoms with Gasteiger partial charge >= 0.3 is 0 Å². The van der Waals surface area contributed by atoms with Crippen LogP contribution in [0.1, 0.15) is 10.4 Å². The number of anilines is 1. The zero-order valence-electron chi connectivity index (χ0n) is 16.1. The molecular weight excluding hydrogens is 372 g/mol. The molecule has 150 valence electrons. The largest absolute Gasteiger partial charge is 0.496 e. The Labute approximate surface area is 168 Å². The zero-order valence-corrected chi connectivity index (χ0v) is 16.1. The van der Waals surface area contributed by atoms with Crippen LogP contribution in [0.5, 0.6) is 5.75 Å². The standard InChI is InChI=1S/C21H22N4O4/c1-28-18-7-3-5-15-4-2-6-17(20(15)18)21(27)23-16-12-22-25(13-16)14-19(26)24-8-10-29-11-9-24/h2-7,12-13H,8-11,14H2,1H3,(H,23,27). The van der Waals surface area contributed by atoms with E-state index >= 15 is 0 Å². The van der Waals surface area contributed by atoms with Crippen LogP contribution < -0.4 is 10.1 Å². The van der Waals surface area contributed by atoms with Crippen LogP contribution in [0.3, 0.4) is 0 Å². The van der Waals surface area contributed by atoms with Gasteiger partial charge in [-0.3, -0.25) is 14.3 Å². The first-order valence-corrected chi connectivity index (χ1v) is 9.41. The molecule has 2 aromatic carbocycles. The predicted molar refractivity (Wildman–Crippen MR) is 108 cm³/mol. The van der Waals surface area contributed by atoms with E-state index in [1.807, 2.05) is 30.3 Å². The van der Waals surface area contributed by atoms with Gasteiger partial charge < -0.3 is 19.7 Å². The maximum Gasteiger partial charge on any atom is 0.256 e. The van der Waals surface area contributed by atoms with Crippen LogP contribution in [-0.2, 0) is 16.1 Å². The minimum Gasteiger partial charge on any atom is -0.496 e. The summed E-state index contributed by atoms with van der Waals surface area (Å²) in [4.78, 5) is 27.0. The minimum absolute atomic E-state index is 0.0203. The van der Waals surface area contributed by atoms with E-state index in [-0.39, 0.29) is 18.4 Å². The number of nitrogens with zero attached hydrogens (tertiary/aromatic N) is 3. The van der Waals surface area contributed by atoms with E-state index in [2.05, 4.69) is 10.4 Å². The van der Waals surface area contributed by atoms with Gasteiger partial charge in [0.15, 0.2) is 0 Å². The Morgan fingerprint density at radius 3 is 2.69 bits per heavy atom. The number of benzene rings is 2. The highest BCUT2D eigenvalue weighted by molar-refractivity contribution is 6.14. The average Bonchev–Trinajstić information content (AvgIpc) is 3.19. The third-order valence-electron chi connectivity index (χ3n) is 4.88. The number of carbonyl (C=O) groups excluding carboxylic acids is 2. The third kappa shape index (κ3) is 4.07. The molecule has 1 aliphatic heterocycles. The van der Waals surface area contributed by atoms with Crippen molar-refractivity contribution < 1.29 is 19.1 Å². The summed E-state index contributed by atoms with van der Waals surface area (Å²) in [5.74, 6) is 0.354. The molecule has 0 unspecified atom stereocenters. The monoisotopic (exact) mass is 394 g/mol. The zero-order chi connectivity index (χ0) is 20.2. The molecule has 0 spiro atoms. The number of rotatable bonds is 5. The number of hydrogen-bond donors (Lipinski definition) is 1. The van der Waals surface area contributed by atoms with Crippen LogP contribution in [0.25, 0.3) is 10.8 Å². The van der Waals surface area contributed by atoms with Crippen molar-refractivity contribution in [3.63, 3.8) is 0 Å². The molecule has 2 amide bonds. The van der Waals surface area contributed by atoms with Crippen LogP contribution in [0.2, 0.25) is 0 Å². The smallest absolute Gasteiger partial charge is 0.256 e. The van der Waals surface area contributed by atoms with Crippen molar-refractivity contribution in [1.82, 2.24) is 14.7 Å². The van der Waals surface area contributed by atoms with E-state index in [0.717, 1.165) is 10.8 Å². The molecule has 4 rings (SSSR count). The summed E-state index contributed by atoms with van der Waals surface area (Å²) in [7, 11) is 1.58. The number of hydrogen-bond acceptors (Lipinski definition) is 5. The number of fused-ring (bicyclic) bond motifs is 1. The van der Waals surface area contributed by atoms with Gasteiger partial charge in [0.2, 0.25) is 5.91 Å². The lowest BCUT2D eigenvalue weighted by Gasteiger charge is -2.26. The van der Waals surface area contributed by atoms with Gasteiger partial charge in [-0.25, -0.2) is 0 Å². The van der Waals surface area contributed by atoms with Gasteiger partial charge in [0.1, 0.15) is 12.3 Å². The quantitative estimate of drug-likeness (QED) is 0.717. The van der Waals surface area contributed by atoms with Crippen LogP contribution in [0, 0.1) is 0 Å². The molecule has 1 fully saturated rings. The van der Waals surface area contributed by atoms with E-state index in [0.29, 0.717) is 43.3 Å². The van der Waals surface area contributed by atoms with Gasteiger partial charge in [0.05, 0.1) is 37.8 Å². The molecule has 0 atom stereocenters. The Bertz CT molecular complexity index is 1030. The Hall–Kier alpha value is -3.39. The first-order valence-electron chi connectivity index (χ1n) is 9.41. The molecule has 1 N–H and O–H groups in total. The Balaban J connectivity index is 1.48. The molecule has 0 saturated carbocycles. The second kappa shape index (κ2) is 8.32. The van der Waals surface area contributed by atoms with Gasteiger partial charge in [-0.1, -0.05) is 24.3 Å². The van der Waals surface area contributed by atoms with Crippen LogP contribution >= 0.6 is 0 Å². The van der Waals surface area contributed by atoms with Crippen molar-refractivity contribution in [2.45, 2.75) is 6.54 Å². The van der Waals surface area contributed by atoms with E-state index in [1.165, 1.54) is 10.9 Å². The Morgan fingerprint density at radius 2 is 1.93 bits per heavy atom. The Morgan fingerprint density at radius 1 is 1.17 bits per heavy atom. The van der Waals surface area contributed by atoms with Gasteiger partial charge in [-0.05, 0) is 17.5 Å². The number of nitrogens with one attached hydrogen (secondary N) is 1. The highest BCUT2D eigenvalue weighted by Crippen LogP contribution is 2.29. The first kappa shape index (κ1) is 18.9. The summed E-state index contributed by atoms with van der Waals surface area (Å²) in [6, 6.07) is 11.2. The van der Waals surface area contributed by atoms with Crippen molar-refractivity contribution in [3.05, 3.63) is 54.4 Å². The maximum absolute atomic E-state index is 12.9. The minimum atomic E-state index is -0.265. The summed E-state index contributed by atoms with van der Waals surface area (Å²) < 4.78 is 12.2. The second-order valence-electron chi connectivity index (χ2n) is 6.74. The molecule has 1 saturated heterocycles. The normalized spacial score (nSPS) is 14.0. The lowest BCUT2D eigenvalue weighted by atomic mass is 10.0. The number of aromatic nitrogens is 2. The molecular formula is C21H22N4O4. The van der Waals surface area contributed by atoms with Gasteiger partial charge in [0.25, 0.3) is 5.91 Å². The fourth-order valence-electron chi connectivity index (χ4n) is 3.43.